The summed E-state index contributed by atoms with van der Waals surface area (Å²) in [6.45, 7) is 1.17. The van der Waals surface area contributed by atoms with Crippen molar-refractivity contribution >= 4 is 35.2 Å². The minimum Gasteiger partial charge on any atom is -0.490 e. The smallest absolute Gasteiger partial charge is 0.328 e. The molecule has 0 aliphatic heterocycles. The standard InChI is InChI=1S/C13H15Cl2NO3/c1-16(2)5-6-19-13-9(3-4-12(17)18)7-10(14)8-11(13)15/h3-4,7-8H,5-6H2,1-2H3,(H,17,18)/b4-3+. The number of hydrogen-bond donors (Lipinski definition) is 1. The Kier molecular flexibility index (Phi) is 6.15. The number of benzene rings is 1. The first kappa shape index (κ1) is 15.8. The molecule has 104 valence electrons. The summed E-state index contributed by atoms with van der Waals surface area (Å²) < 4.78 is 5.59. The second-order valence-corrected chi connectivity index (χ2v) is 4.97. The molecule has 0 aromatic heterocycles. The van der Waals surface area contributed by atoms with E-state index in [0.717, 1.165) is 12.6 Å². The van der Waals surface area contributed by atoms with Gasteiger partial charge in [0, 0.05) is 23.2 Å². The van der Waals surface area contributed by atoms with E-state index in [0.29, 0.717) is 28.0 Å². The molecule has 6 heteroatoms. The van der Waals surface area contributed by atoms with Crippen LogP contribution in [-0.4, -0.2) is 43.2 Å². The van der Waals surface area contributed by atoms with Gasteiger partial charge in [-0.25, -0.2) is 4.79 Å². The van der Waals surface area contributed by atoms with Crippen LogP contribution in [0, 0.1) is 0 Å². The third kappa shape index (κ3) is 5.51. The maximum Gasteiger partial charge on any atom is 0.328 e. The number of likely N-dealkylation sites (N-methyl/N-ethyl adjacent to an activating group) is 1. The number of hydrogen-bond acceptors (Lipinski definition) is 3. The molecule has 0 fully saturated rings. The molecule has 0 aliphatic carbocycles. The molecule has 0 bridgehead atoms. The fourth-order valence-electron chi connectivity index (χ4n) is 1.35. The average molecular weight is 304 g/mol. The molecule has 1 N–H and O–H groups in total. The van der Waals surface area contributed by atoms with Gasteiger partial charge in [0.25, 0.3) is 0 Å². The van der Waals surface area contributed by atoms with Crippen molar-refractivity contribution in [3.05, 3.63) is 33.8 Å². The van der Waals surface area contributed by atoms with E-state index >= 15 is 0 Å². The summed E-state index contributed by atoms with van der Waals surface area (Å²) in [5, 5.41) is 9.44. The molecule has 0 amide bonds. The van der Waals surface area contributed by atoms with E-state index in [4.69, 9.17) is 33.0 Å². The molecule has 0 saturated heterocycles. The van der Waals surface area contributed by atoms with Gasteiger partial charge in [0.15, 0.2) is 0 Å². The lowest BCUT2D eigenvalue weighted by Crippen LogP contribution is -2.19. The van der Waals surface area contributed by atoms with Gasteiger partial charge in [0.1, 0.15) is 12.4 Å². The Labute approximate surface area is 122 Å². The molecular weight excluding hydrogens is 289 g/mol. The number of rotatable bonds is 6. The third-order valence-electron chi connectivity index (χ3n) is 2.23. The van der Waals surface area contributed by atoms with Crippen molar-refractivity contribution < 1.29 is 14.6 Å². The molecular formula is C13H15Cl2NO3. The lowest BCUT2D eigenvalue weighted by Gasteiger charge is -2.14. The Morgan fingerprint density at radius 3 is 2.68 bits per heavy atom. The molecule has 0 saturated carbocycles. The van der Waals surface area contributed by atoms with E-state index in [-0.39, 0.29) is 0 Å². The van der Waals surface area contributed by atoms with Crippen molar-refractivity contribution in [1.82, 2.24) is 4.90 Å². The van der Waals surface area contributed by atoms with Crippen molar-refractivity contribution in [1.29, 1.82) is 0 Å². The van der Waals surface area contributed by atoms with Crippen molar-refractivity contribution in [3.8, 4) is 5.75 Å². The van der Waals surface area contributed by atoms with Crippen molar-refractivity contribution in [2.45, 2.75) is 0 Å². The average Bonchev–Trinajstić information content (AvgIpc) is 2.28. The van der Waals surface area contributed by atoms with Crippen LogP contribution < -0.4 is 4.74 Å². The highest BCUT2D eigenvalue weighted by atomic mass is 35.5. The first-order valence-corrected chi connectivity index (χ1v) is 6.33. The van der Waals surface area contributed by atoms with Gasteiger partial charge in [-0.2, -0.15) is 0 Å². The van der Waals surface area contributed by atoms with Gasteiger partial charge in [0.05, 0.1) is 5.02 Å². The van der Waals surface area contributed by atoms with E-state index in [1.165, 1.54) is 6.08 Å². The Balaban J connectivity index is 2.96. The zero-order valence-electron chi connectivity index (χ0n) is 10.7. The van der Waals surface area contributed by atoms with Crippen LogP contribution >= 0.6 is 23.2 Å². The van der Waals surface area contributed by atoms with E-state index in [2.05, 4.69) is 0 Å². The number of aliphatic carboxylic acids is 1. The summed E-state index contributed by atoms with van der Waals surface area (Å²) >= 11 is 12.0. The van der Waals surface area contributed by atoms with Gasteiger partial charge in [-0.1, -0.05) is 23.2 Å². The number of carbonyl (C=O) groups is 1. The predicted molar refractivity (Wildman–Crippen MR) is 77.2 cm³/mol. The molecule has 0 unspecified atom stereocenters. The second-order valence-electron chi connectivity index (χ2n) is 4.13. The van der Waals surface area contributed by atoms with Gasteiger partial charge in [-0.05, 0) is 32.3 Å². The van der Waals surface area contributed by atoms with Crippen LogP contribution in [0.5, 0.6) is 5.75 Å². The first-order valence-electron chi connectivity index (χ1n) is 5.57. The van der Waals surface area contributed by atoms with Gasteiger partial charge in [0.2, 0.25) is 0 Å². The highest BCUT2D eigenvalue weighted by molar-refractivity contribution is 6.35. The number of ether oxygens (including phenoxy) is 1. The van der Waals surface area contributed by atoms with Gasteiger partial charge >= 0.3 is 5.97 Å². The van der Waals surface area contributed by atoms with E-state index in [1.54, 1.807) is 12.1 Å². The summed E-state index contributed by atoms with van der Waals surface area (Å²) in [4.78, 5) is 12.5. The fraction of sp³-hybridized carbons (Fsp3) is 0.308. The van der Waals surface area contributed by atoms with Crippen LogP contribution in [0.4, 0.5) is 0 Å². The number of halogens is 2. The molecule has 1 aromatic carbocycles. The highest BCUT2D eigenvalue weighted by Gasteiger charge is 2.09. The second kappa shape index (κ2) is 7.38. The summed E-state index contributed by atoms with van der Waals surface area (Å²) in [5.74, 6) is -0.610. The van der Waals surface area contributed by atoms with Crippen LogP contribution in [0.25, 0.3) is 6.08 Å². The lowest BCUT2D eigenvalue weighted by atomic mass is 10.2. The third-order valence-corrected chi connectivity index (χ3v) is 2.73. The number of carboxylic acids is 1. The molecule has 0 aliphatic rings. The Morgan fingerprint density at radius 2 is 2.11 bits per heavy atom. The molecule has 0 radical (unpaired) electrons. The Hall–Kier alpha value is -1.23. The molecule has 1 aromatic rings. The summed E-state index contributed by atoms with van der Waals surface area (Å²) in [6, 6.07) is 3.17. The Bertz CT molecular complexity index is 487. The van der Waals surface area contributed by atoms with Crippen LogP contribution in [0.15, 0.2) is 18.2 Å². The first-order chi connectivity index (χ1) is 8.90. The zero-order chi connectivity index (χ0) is 14.4. The minimum absolute atomic E-state index is 0.358. The molecule has 1 rings (SSSR count). The fourth-order valence-corrected chi connectivity index (χ4v) is 1.91. The summed E-state index contributed by atoms with van der Waals surface area (Å²) in [5.41, 5.74) is 0.540. The van der Waals surface area contributed by atoms with Crippen LogP contribution in [0.1, 0.15) is 5.56 Å². The lowest BCUT2D eigenvalue weighted by molar-refractivity contribution is -0.131. The molecule has 4 nitrogen and oxygen atoms in total. The monoisotopic (exact) mass is 303 g/mol. The van der Waals surface area contributed by atoms with Crippen LogP contribution in [0.3, 0.4) is 0 Å². The van der Waals surface area contributed by atoms with Crippen molar-refractivity contribution in [2.24, 2.45) is 0 Å². The van der Waals surface area contributed by atoms with Crippen molar-refractivity contribution in [2.75, 3.05) is 27.2 Å². The molecule has 0 atom stereocenters. The zero-order valence-corrected chi connectivity index (χ0v) is 12.2. The van der Waals surface area contributed by atoms with Crippen LogP contribution in [0.2, 0.25) is 10.0 Å². The largest absolute Gasteiger partial charge is 0.490 e. The van der Waals surface area contributed by atoms with Gasteiger partial charge in [-0.15, -0.1) is 0 Å². The van der Waals surface area contributed by atoms with Gasteiger partial charge < -0.3 is 14.7 Å². The predicted octanol–water partition coefficient (Wildman–Crippen LogP) is 3.03. The maximum absolute atomic E-state index is 10.6. The van der Waals surface area contributed by atoms with E-state index < -0.39 is 5.97 Å². The topological polar surface area (TPSA) is 49.8 Å². The highest BCUT2D eigenvalue weighted by Crippen LogP contribution is 2.33. The number of nitrogens with zero attached hydrogens (tertiary/aromatic N) is 1. The normalized spacial score (nSPS) is 11.2. The van der Waals surface area contributed by atoms with E-state index in [1.807, 2.05) is 19.0 Å². The quantitative estimate of drug-likeness (QED) is 0.821. The molecule has 0 spiro atoms. The molecule has 0 heterocycles. The molecule has 19 heavy (non-hydrogen) atoms. The Morgan fingerprint density at radius 1 is 1.42 bits per heavy atom. The number of carboxylic acid groups (broad SMARTS) is 1. The van der Waals surface area contributed by atoms with Gasteiger partial charge in [-0.3, -0.25) is 0 Å². The van der Waals surface area contributed by atoms with Crippen LogP contribution in [-0.2, 0) is 4.79 Å². The van der Waals surface area contributed by atoms with Crippen molar-refractivity contribution in [3.63, 3.8) is 0 Å². The maximum atomic E-state index is 10.6. The SMILES string of the molecule is CN(C)CCOc1c(Cl)cc(Cl)cc1/C=C/C(=O)O. The minimum atomic E-state index is -1.05. The summed E-state index contributed by atoms with van der Waals surface area (Å²) in [7, 11) is 3.86. The van der Waals surface area contributed by atoms with E-state index in [9.17, 15) is 4.79 Å². The summed E-state index contributed by atoms with van der Waals surface area (Å²) in [6.07, 6.45) is 2.42.